The van der Waals surface area contributed by atoms with Crippen molar-refractivity contribution >= 4 is 11.9 Å². The molecule has 4 nitrogen and oxygen atoms in total. The largest absolute Gasteiger partial charge is 0.466 e. The molecule has 30 heavy (non-hydrogen) atoms. The highest BCUT2D eigenvalue weighted by Crippen LogP contribution is 2.14. The molecule has 0 fully saturated rings. The summed E-state index contributed by atoms with van der Waals surface area (Å²) in [5.74, 6) is -0.0813. The third kappa shape index (κ3) is 20.2. The Morgan fingerprint density at radius 1 is 0.600 bits per heavy atom. The van der Waals surface area contributed by atoms with E-state index in [2.05, 4.69) is 20.8 Å². The first-order valence-corrected chi connectivity index (χ1v) is 13.0. The zero-order chi connectivity index (χ0) is 22.3. The third-order valence-electron chi connectivity index (χ3n) is 5.66. The average Bonchev–Trinajstić information content (AvgIpc) is 2.74. The maximum atomic E-state index is 12.0. The highest BCUT2D eigenvalue weighted by Gasteiger charge is 2.11. The van der Waals surface area contributed by atoms with Crippen LogP contribution in [0.25, 0.3) is 0 Å². The minimum Gasteiger partial charge on any atom is -0.466 e. The van der Waals surface area contributed by atoms with Crippen molar-refractivity contribution in [2.75, 3.05) is 6.61 Å². The second-order valence-corrected chi connectivity index (χ2v) is 8.63. The zero-order valence-corrected chi connectivity index (χ0v) is 20.4. The summed E-state index contributed by atoms with van der Waals surface area (Å²) in [4.78, 5) is 23.7. The van der Waals surface area contributed by atoms with Crippen LogP contribution in [0.1, 0.15) is 143 Å². The molecule has 0 N–H and O–H groups in total. The Bertz CT molecular complexity index is 394. The van der Waals surface area contributed by atoms with Gasteiger partial charge in [0.15, 0.2) is 0 Å². The molecule has 0 saturated carbocycles. The molecule has 0 bridgehead atoms. The van der Waals surface area contributed by atoms with Gasteiger partial charge in [-0.25, -0.2) is 0 Å². The summed E-state index contributed by atoms with van der Waals surface area (Å²) < 4.78 is 10.9. The van der Waals surface area contributed by atoms with Crippen molar-refractivity contribution in [1.29, 1.82) is 0 Å². The fourth-order valence-electron chi connectivity index (χ4n) is 3.60. The van der Waals surface area contributed by atoms with E-state index in [0.29, 0.717) is 19.4 Å². The molecule has 0 aromatic rings. The monoisotopic (exact) mass is 426 g/mol. The van der Waals surface area contributed by atoms with Crippen LogP contribution in [0.2, 0.25) is 0 Å². The van der Waals surface area contributed by atoms with Crippen molar-refractivity contribution in [2.24, 2.45) is 0 Å². The van der Waals surface area contributed by atoms with Crippen molar-refractivity contribution in [2.45, 2.75) is 149 Å². The number of esters is 2. The summed E-state index contributed by atoms with van der Waals surface area (Å²) in [6, 6.07) is 0. The minimum atomic E-state index is -0.0456. The molecule has 0 saturated heterocycles. The lowest BCUT2D eigenvalue weighted by Gasteiger charge is -2.16. The fraction of sp³-hybridized carbons (Fsp3) is 0.923. The molecule has 0 rings (SSSR count). The van der Waals surface area contributed by atoms with Gasteiger partial charge < -0.3 is 9.47 Å². The predicted molar refractivity (Wildman–Crippen MR) is 126 cm³/mol. The van der Waals surface area contributed by atoms with Gasteiger partial charge in [-0.05, 0) is 38.5 Å². The number of unbranched alkanes of at least 4 members (excludes halogenated alkanes) is 12. The summed E-state index contributed by atoms with van der Waals surface area (Å²) in [6.45, 7) is 7.08. The summed E-state index contributed by atoms with van der Waals surface area (Å²) in [5, 5.41) is 0. The van der Waals surface area contributed by atoms with Gasteiger partial charge in [0.05, 0.1) is 6.61 Å². The lowest BCUT2D eigenvalue weighted by Crippen LogP contribution is -2.17. The zero-order valence-electron chi connectivity index (χ0n) is 20.4. The van der Waals surface area contributed by atoms with Crippen LogP contribution >= 0.6 is 0 Å². The molecule has 0 aliphatic carbocycles. The number of carbonyl (C=O) groups excluding carboxylic acids is 2. The number of hydrogen-bond acceptors (Lipinski definition) is 4. The Balaban J connectivity index is 3.43. The van der Waals surface area contributed by atoms with Crippen molar-refractivity contribution in [1.82, 2.24) is 0 Å². The van der Waals surface area contributed by atoms with Gasteiger partial charge in [-0.2, -0.15) is 0 Å². The molecule has 0 radical (unpaired) electrons. The molecule has 0 aromatic carbocycles. The van der Waals surface area contributed by atoms with E-state index >= 15 is 0 Å². The average molecular weight is 427 g/mol. The molecular weight excluding hydrogens is 376 g/mol. The van der Waals surface area contributed by atoms with Crippen LogP contribution in [0, 0.1) is 0 Å². The summed E-state index contributed by atoms with van der Waals surface area (Å²) >= 11 is 0. The Morgan fingerprint density at radius 3 is 1.70 bits per heavy atom. The normalized spacial score (nSPS) is 12.0. The first-order chi connectivity index (χ1) is 14.6. The Morgan fingerprint density at radius 2 is 1.10 bits per heavy atom. The standard InChI is InChI=1S/C26H50O4/c1-4-7-9-10-15-19-23-29-25(27)21-17-13-11-12-14-18-22-26(28)30-24(6-3)20-16-8-5-2/h24H,4-23H2,1-3H3. The van der Waals surface area contributed by atoms with Gasteiger partial charge in [0.25, 0.3) is 0 Å². The lowest BCUT2D eigenvalue weighted by atomic mass is 10.1. The highest BCUT2D eigenvalue weighted by atomic mass is 16.5. The van der Waals surface area contributed by atoms with Crippen molar-refractivity contribution in [3.8, 4) is 0 Å². The van der Waals surface area contributed by atoms with Crippen LogP contribution in [-0.2, 0) is 19.1 Å². The van der Waals surface area contributed by atoms with E-state index in [0.717, 1.165) is 64.2 Å². The van der Waals surface area contributed by atoms with Crippen LogP contribution in [0.15, 0.2) is 0 Å². The second-order valence-electron chi connectivity index (χ2n) is 8.63. The molecule has 0 aliphatic heterocycles. The number of hydrogen-bond donors (Lipinski definition) is 0. The fourth-order valence-corrected chi connectivity index (χ4v) is 3.60. The summed E-state index contributed by atoms with van der Waals surface area (Å²) in [6.07, 6.45) is 20.1. The van der Waals surface area contributed by atoms with E-state index < -0.39 is 0 Å². The molecule has 0 aliphatic rings. The van der Waals surface area contributed by atoms with Crippen molar-refractivity contribution in [3.05, 3.63) is 0 Å². The Kier molecular flexibility index (Phi) is 21.8. The SMILES string of the molecule is CCCCCCCCOC(=O)CCCCCCCCC(=O)OC(CC)CCCCC. The summed E-state index contributed by atoms with van der Waals surface area (Å²) in [5.41, 5.74) is 0. The smallest absolute Gasteiger partial charge is 0.306 e. The molecule has 1 unspecified atom stereocenters. The van der Waals surface area contributed by atoms with Gasteiger partial charge in [-0.1, -0.05) is 91.4 Å². The maximum Gasteiger partial charge on any atom is 0.306 e. The summed E-state index contributed by atoms with van der Waals surface area (Å²) in [7, 11) is 0. The van der Waals surface area contributed by atoms with Crippen molar-refractivity contribution < 1.29 is 19.1 Å². The molecule has 0 amide bonds. The molecular formula is C26H50O4. The molecule has 4 heteroatoms. The quantitative estimate of drug-likeness (QED) is 0.130. The van der Waals surface area contributed by atoms with Crippen molar-refractivity contribution in [3.63, 3.8) is 0 Å². The number of ether oxygens (including phenoxy) is 2. The van der Waals surface area contributed by atoms with E-state index in [1.165, 1.54) is 44.9 Å². The van der Waals surface area contributed by atoms with E-state index in [9.17, 15) is 9.59 Å². The van der Waals surface area contributed by atoms with E-state index in [1.807, 2.05) is 0 Å². The molecule has 0 heterocycles. The van der Waals surface area contributed by atoms with Crippen LogP contribution < -0.4 is 0 Å². The maximum absolute atomic E-state index is 12.0. The van der Waals surface area contributed by atoms with Gasteiger partial charge in [0.2, 0.25) is 0 Å². The van der Waals surface area contributed by atoms with Crippen LogP contribution in [0.4, 0.5) is 0 Å². The van der Waals surface area contributed by atoms with Gasteiger partial charge in [-0.3, -0.25) is 9.59 Å². The van der Waals surface area contributed by atoms with Gasteiger partial charge in [0, 0.05) is 12.8 Å². The van der Waals surface area contributed by atoms with Crippen LogP contribution in [0.3, 0.4) is 0 Å². The first-order valence-electron chi connectivity index (χ1n) is 13.0. The van der Waals surface area contributed by atoms with E-state index in [1.54, 1.807) is 0 Å². The van der Waals surface area contributed by atoms with E-state index in [-0.39, 0.29) is 18.0 Å². The Labute approximate surface area is 186 Å². The molecule has 178 valence electrons. The minimum absolute atomic E-state index is 0.0357. The topological polar surface area (TPSA) is 52.6 Å². The van der Waals surface area contributed by atoms with Gasteiger partial charge >= 0.3 is 11.9 Å². The van der Waals surface area contributed by atoms with Crippen LogP contribution in [-0.4, -0.2) is 24.6 Å². The predicted octanol–water partition coefficient (Wildman–Crippen LogP) is 7.91. The molecule has 0 aromatic heterocycles. The number of carbonyl (C=O) groups is 2. The van der Waals surface area contributed by atoms with Gasteiger partial charge in [0.1, 0.15) is 6.10 Å². The first kappa shape index (κ1) is 28.9. The van der Waals surface area contributed by atoms with E-state index in [4.69, 9.17) is 9.47 Å². The van der Waals surface area contributed by atoms with Gasteiger partial charge in [-0.15, -0.1) is 0 Å². The Hall–Kier alpha value is -1.06. The third-order valence-corrected chi connectivity index (χ3v) is 5.66. The highest BCUT2D eigenvalue weighted by molar-refractivity contribution is 5.69. The number of rotatable bonds is 22. The van der Waals surface area contributed by atoms with Crippen LogP contribution in [0.5, 0.6) is 0 Å². The molecule has 0 spiro atoms. The lowest BCUT2D eigenvalue weighted by molar-refractivity contribution is -0.149. The second kappa shape index (κ2) is 22.6. The molecule has 1 atom stereocenters.